The Morgan fingerprint density at radius 3 is 2.58 bits per heavy atom. The SMILES string of the molecule is CC.CC.NC1=NCCNc2sc3ccccc3c21. The third-order valence-corrected chi connectivity index (χ3v) is 3.66. The molecule has 2 heterocycles. The Morgan fingerprint density at radius 2 is 1.84 bits per heavy atom. The van der Waals surface area contributed by atoms with Crippen LogP contribution < -0.4 is 11.1 Å². The summed E-state index contributed by atoms with van der Waals surface area (Å²) in [6.07, 6.45) is 0. The largest absolute Gasteiger partial charge is 0.383 e. The van der Waals surface area contributed by atoms with Crippen molar-refractivity contribution < 1.29 is 0 Å². The van der Waals surface area contributed by atoms with Crippen LogP contribution in [0.3, 0.4) is 0 Å². The van der Waals surface area contributed by atoms with E-state index in [1.807, 2.05) is 39.8 Å². The van der Waals surface area contributed by atoms with Crippen LogP contribution in [0.1, 0.15) is 33.3 Å². The molecule has 3 N–H and O–H groups in total. The average Bonchev–Trinajstić information content (AvgIpc) is 2.76. The molecule has 3 nitrogen and oxygen atoms in total. The molecule has 0 radical (unpaired) electrons. The number of fused-ring (bicyclic) bond motifs is 3. The molecule has 1 aromatic carbocycles. The Bertz CT molecular complexity index is 543. The number of hydrogen-bond donors (Lipinski definition) is 2. The number of benzene rings is 1. The molecule has 0 bridgehead atoms. The number of thiophene rings is 1. The van der Waals surface area contributed by atoms with E-state index in [4.69, 9.17) is 5.73 Å². The maximum atomic E-state index is 5.97. The number of anilines is 1. The monoisotopic (exact) mass is 277 g/mol. The predicted molar refractivity (Wildman–Crippen MR) is 88.6 cm³/mol. The zero-order valence-electron chi connectivity index (χ0n) is 12.2. The van der Waals surface area contributed by atoms with E-state index in [0.29, 0.717) is 5.84 Å². The third-order valence-electron chi connectivity index (χ3n) is 2.53. The van der Waals surface area contributed by atoms with E-state index in [0.717, 1.165) is 23.7 Å². The zero-order chi connectivity index (χ0) is 14.3. The molecular weight excluding hydrogens is 254 g/mol. The molecule has 2 aromatic rings. The van der Waals surface area contributed by atoms with Crippen molar-refractivity contribution in [2.24, 2.45) is 10.7 Å². The van der Waals surface area contributed by atoms with Gasteiger partial charge in [-0.15, -0.1) is 11.3 Å². The molecule has 3 rings (SSSR count). The number of rotatable bonds is 0. The van der Waals surface area contributed by atoms with Gasteiger partial charge in [-0.3, -0.25) is 4.99 Å². The summed E-state index contributed by atoms with van der Waals surface area (Å²) in [5.74, 6) is 0.660. The van der Waals surface area contributed by atoms with Crippen molar-refractivity contribution in [2.45, 2.75) is 27.7 Å². The maximum Gasteiger partial charge on any atom is 0.129 e. The maximum absolute atomic E-state index is 5.97. The van der Waals surface area contributed by atoms with Crippen molar-refractivity contribution in [3.05, 3.63) is 29.8 Å². The van der Waals surface area contributed by atoms with Gasteiger partial charge in [0.2, 0.25) is 0 Å². The number of amidine groups is 1. The lowest BCUT2D eigenvalue weighted by Gasteiger charge is -2.00. The minimum atomic E-state index is 0.660. The molecule has 19 heavy (non-hydrogen) atoms. The second-order valence-electron chi connectivity index (χ2n) is 3.50. The molecule has 0 saturated heterocycles. The van der Waals surface area contributed by atoms with Crippen molar-refractivity contribution >= 4 is 32.3 Å². The fourth-order valence-corrected chi connectivity index (χ4v) is 2.99. The van der Waals surface area contributed by atoms with E-state index >= 15 is 0 Å². The molecule has 0 atom stereocenters. The van der Waals surface area contributed by atoms with E-state index < -0.39 is 0 Å². The molecular formula is C15H23N3S. The smallest absolute Gasteiger partial charge is 0.129 e. The molecule has 0 saturated carbocycles. The zero-order valence-corrected chi connectivity index (χ0v) is 13.0. The normalized spacial score (nSPS) is 12.7. The summed E-state index contributed by atoms with van der Waals surface area (Å²) in [6, 6.07) is 8.29. The molecule has 1 aliphatic rings. The molecule has 0 amide bonds. The fourth-order valence-electron chi connectivity index (χ4n) is 1.85. The fraction of sp³-hybridized carbons (Fsp3) is 0.400. The molecule has 0 unspecified atom stereocenters. The van der Waals surface area contributed by atoms with Gasteiger partial charge in [-0.2, -0.15) is 0 Å². The number of nitrogens with two attached hydrogens (primary N) is 1. The predicted octanol–water partition coefficient (Wildman–Crippen LogP) is 4.08. The van der Waals surface area contributed by atoms with Gasteiger partial charge in [-0.25, -0.2) is 0 Å². The van der Waals surface area contributed by atoms with Crippen molar-refractivity contribution in [2.75, 3.05) is 18.4 Å². The van der Waals surface area contributed by atoms with E-state index in [-0.39, 0.29) is 0 Å². The first-order chi connectivity index (χ1) is 9.36. The first kappa shape index (κ1) is 15.5. The summed E-state index contributed by atoms with van der Waals surface area (Å²) in [5.41, 5.74) is 7.05. The molecule has 4 heteroatoms. The van der Waals surface area contributed by atoms with Gasteiger partial charge in [0.15, 0.2) is 0 Å². The van der Waals surface area contributed by atoms with E-state index in [2.05, 4.69) is 22.4 Å². The Labute approximate surface area is 119 Å². The van der Waals surface area contributed by atoms with Gasteiger partial charge < -0.3 is 11.1 Å². The van der Waals surface area contributed by atoms with Gasteiger partial charge >= 0.3 is 0 Å². The molecule has 0 aliphatic carbocycles. The van der Waals surface area contributed by atoms with Crippen LogP contribution in [0.5, 0.6) is 0 Å². The quantitative estimate of drug-likeness (QED) is 0.762. The standard InChI is InChI=1S/C11H11N3S.2C2H6/c12-10-9-7-3-1-2-4-8(7)15-11(9)14-6-5-13-10;2*1-2/h1-4,14H,5-6H2,(H2,12,13);2*1-2H3. The van der Waals surface area contributed by atoms with Crippen LogP contribution in [0.4, 0.5) is 5.00 Å². The highest BCUT2D eigenvalue weighted by molar-refractivity contribution is 7.23. The number of nitrogens with one attached hydrogen (secondary N) is 1. The van der Waals surface area contributed by atoms with Crippen LogP contribution in [-0.2, 0) is 0 Å². The summed E-state index contributed by atoms with van der Waals surface area (Å²) in [4.78, 5) is 4.33. The Kier molecular flexibility index (Phi) is 6.36. The van der Waals surface area contributed by atoms with Crippen LogP contribution in [0.25, 0.3) is 10.1 Å². The Morgan fingerprint density at radius 1 is 1.16 bits per heavy atom. The highest BCUT2D eigenvalue weighted by atomic mass is 32.1. The van der Waals surface area contributed by atoms with Gasteiger partial charge in [0, 0.05) is 16.6 Å². The highest BCUT2D eigenvalue weighted by Crippen LogP contribution is 2.35. The Hall–Kier alpha value is -1.55. The minimum absolute atomic E-state index is 0.660. The van der Waals surface area contributed by atoms with Gasteiger partial charge in [0.1, 0.15) is 10.8 Å². The molecule has 1 aliphatic heterocycles. The summed E-state index contributed by atoms with van der Waals surface area (Å²) in [7, 11) is 0. The van der Waals surface area contributed by atoms with Crippen LogP contribution in [0, 0.1) is 0 Å². The summed E-state index contributed by atoms with van der Waals surface area (Å²) in [6.45, 7) is 9.61. The Balaban J connectivity index is 0.000000415. The van der Waals surface area contributed by atoms with Crippen LogP contribution >= 0.6 is 11.3 Å². The van der Waals surface area contributed by atoms with Crippen molar-refractivity contribution in [1.82, 2.24) is 0 Å². The molecule has 0 spiro atoms. The summed E-state index contributed by atoms with van der Waals surface area (Å²) < 4.78 is 1.26. The van der Waals surface area contributed by atoms with Gasteiger partial charge in [-0.1, -0.05) is 45.9 Å². The van der Waals surface area contributed by atoms with Crippen LogP contribution in [0.15, 0.2) is 29.3 Å². The van der Waals surface area contributed by atoms with Crippen molar-refractivity contribution in [3.63, 3.8) is 0 Å². The number of aliphatic imine (C=N–C) groups is 1. The van der Waals surface area contributed by atoms with Gasteiger partial charge in [-0.05, 0) is 6.07 Å². The minimum Gasteiger partial charge on any atom is -0.383 e. The highest BCUT2D eigenvalue weighted by Gasteiger charge is 2.16. The van der Waals surface area contributed by atoms with Crippen LogP contribution in [-0.4, -0.2) is 18.9 Å². The van der Waals surface area contributed by atoms with E-state index in [1.165, 1.54) is 10.1 Å². The topological polar surface area (TPSA) is 50.4 Å². The first-order valence-electron chi connectivity index (χ1n) is 6.92. The second kappa shape index (κ2) is 7.79. The van der Waals surface area contributed by atoms with Gasteiger partial charge in [0.05, 0.1) is 12.1 Å². The van der Waals surface area contributed by atoms with E-state index in [9.17, 15) is 0 Å². The molecule has 0 fully saturated rings. The second-order valence-corrected chi connectivity index (χ2v) is 4.55. The lowest BCUT2D eigenvalue weighted by molar-refractivity contribution is 1.04. The van der Waals surface area contributed by atoms with Gasteiger partial charge in [0.25, 0.3) is 0 Å². The lowest BCUT2D eigenvalue weighted by Crippen LogP contribution is -2.12. The number of hydrogen-bond acceptors (Lipinski definition) is 4. The first-order valence-corrected chi connectivity index (χ1v) is 7.73. The average molecular weight is 277 g/mol. The van der Waals surface area contributed by atoms with Crippen LogP contribution in [0.2, 0.25) is 0 Å². The van der Waals surface area contributed by atoms with Crippen molar-refractivity contribution in [3.8, 4) is 0 Å². The molecule has 104 valence electrons. The number of nitrogens with zero attached hydrogens (tertiary/aromatic N) is 1. The lowest BCUT2D eigenvalue weighted by atomic mass is 10.1. The third kappa shape index (κ3) is 3.26. The summed E-state index contributed by atoms with van der Waals surface area (Å²) >= 11 is 1.74. The van der Waals surface area contributed by atoms with E-state index in [1.54, 1.807) is 11.3 Å². The van der Waals surface area contributed by atoms with Crippen molar-refractivity contribution in [1.29, 1.82) is 0 Å². The summed E-state index contributed by atoms with van der Waals surface area (Å²) in [5, 5.41) is 5.72. The molecule has 1 aromatic heterocycles.